The molecule has 1 aliphatic heterocycles. The molecule has 2 N–H and O–H groups in total. The van der Waals surface area contributed by atoms with Crippen LogP contribution in [0.3, 0.4) is 0 Å². The van der Waals surface area contributed by atoms with Crippen LogP contribution in [0.4, 0.5) is 0 Å². The number of benzene rings is 2. The molecule has 0 saturated heterocycles. The highest BCUT2D eigenvalue weighted by atomic mass is 16.2. The van der Waals surface area contributed by atoms with Crippen molar-refractivity contribution in [3.05, 3.63) is 70.8 Å². The number of carbonyl (C=O) groups excluding carboxylic acids is 2. The van der Waals surface area contributed by atoms with Gasteiger partial charge < -0.3 is 0 Å². The molecule has 0 fully saturated rings. The molecule has 1 heterocycles. The van der Waals surface area contributed by atoms with E-state index in [4.69, 9.17) is 0 Å². The fourth-order valence-corrected chi connectivity index (χ4v) is 2.94. The molecule has 1 unspecified atom stereocenters. The van der Waals surface area contributed by atoms with Gasteiger partial charge in [0.05, 0.1) is 12.5 Å². The highest BCUT2D eigenvalue weighted by molar-refractivity contribution is 6.10. The second kappa shape index (κ2) is 7.35. The molecule has 0 aromatic heterocycles. The topological polar surface area (TPSA) is 70.6 Å². The Kier molecular flexibility index (Phi) is 5.13. The predicted molar refractivity (Wildman–Crippen MR) is 107 cm³/mol. The van der Waals surface area contributed by atoms with Crippen LogP contribution in [-0.4, -0.2) is 17.8 Å². The lowest BCUT2D eigenvalue weighted by Gasteiger charge is -2.22. The molecule has 0 aliphatic carbocycles. The van der Waals surface area contributed by atoms with Crippen molar-refractivity contribution in [2.75, 3.05) is 0 Å². The number of hydrogen-bond donors (Lipinski definition) is 2. The maximum Gasteiger partial charge on any atom is 0.257 e. The molecule has 5 nitrogen and oxygen atoms in total. The van der Waals surface area contributed by atoms with E-state index in [-0.39, 0.29) is 35.7 Å². The summed E-state index contributed by atoms with van der Waals surface area (Å²) in [5.74, 6) is -0.255. The Hall–Kier alpha value is -2.95. The van der Waals surface area contributed by atoms with Crippen molar-refractivity contribution < 1.29 is 9.59 Å². The number of carbonyl (C=O) groups is 2. The molecule has 27 heavy (non-hydrogen) atoms. The molecule has 2 amide bonds. The maximum absolute atomic E-state index is 12.5. The van der Waals surface area contributed by atoms with Gasteiger partial charge in [0.25, 0.3) is 5.91 Å². The molecule has 3 rings (SSSR count). The highest BCUT2D eigenvalue weighted by Gasteiger charge is 2.24. The van der Waals surface area contributed by atoms with Crippen LogP contribution >= 0.6 is 0 Å². The summed E-state index contributed by atoms with van der Waals surface area (Å²) in [5, 5.41) is 5.36. The zero-order chi connectivity index (χ0) is 19.6. The minimum absolute atomic E-state index is 0.0255. The van der Waals surface area contributed by atoms with E-state index in [9.17, 15) is 9.59 Å². The van der Waals surface area contributed by atoms with Crippen LogP contribution in [0, 0.1) is 6.92 Å². The van der Waals surface area contributed by atoms with E-state index in [1.54, 1.807) is 12.1 Å². The second-order valence-corrected chi connectivity index (χ2v) is 7.94. The summed E-state index contributed by atoms with van der Waals surface area (Å²) >= 11 is 0. The monoisotopic (exact) mass is 363 g/mol. The second-order valence-electron chi connectivity index (χ2n) is 7.94. The first-order valence-electron chi connectivity index (χ1n) is 9.08. The first-order valence-corrected chi connectivity index (χ1v) is 9.08. The number of aryl methyl sites for hydroxylation is 1. The van der Waals surface area contributed by atoms with Gasteiger partial charge in [-0.1, -0.05) is 62.7 Å². The van der Waals surface area contributed by atoms with E-state index >= 15 is 0 Å². The van der Waals surface area contributed by atoms with E-state index in [1.165, 1.54) is 0 Å². The molecule has 0 radical (unpaired) electrons. The first kappa shape index (κ1) is 18.8. The molecule has 140 valence electrons. The number of guanidine groups is 1. The van der Waals surface area contributed by atoms with Gasteiger partial charge in [0.15, 0.2) is 0 Å². The van der Waals surface area contributed by atoms with Gasteiger partial charge in [-0.05, 0) is 35.6 Å². The molecular formula is C22H25N3O2. The summed E-state index contributed by atoms with van der Waals surface area (Å²) in [7, 11) is 0. The van der Waals surface area contributed by atoms with Gasteiger partial charge in [0.2, 0.25) is 11.9 Å². The number of nitrogens with one attached hydrogen (secondary N) is 2. The van der Waals surface area contributed by atoms with Crippen molar-refractivity contribution in [2.24, 2.45) is 4.99 Å². The molecular weight excluding hydrogens is 338 g/mol. The third-order valence-electron chi connectivity index (χ3n) is 4.63. The number of nitrogens with zero attached hydrogens (tertiary/aromatic N) is 1. The predicted octanol–water partition coefficient (Wildman–Crippen LogP) is 3.64. The van der Waals surface area contributed by atoms with Crippen molar-refractivity contribution in [3.63, 3.8) is 0 Å². The fraction of sp³-hybridized carbons (Fsp3) is 0.318. The van der Waals surface area contributed by atoms with Crippen molar-refractivity contribution in [2.45, 2.75) is 45.6 Å². The summed E-state index contributed by atoms with van der Waals surface area (Å²) in [6, 6.07) is 15.1. The van der Waals surface area contributed by atoms with Crippen molar-refractivity contribution in [1.29, 1.82) is 0 Å². The van der Waals surface area contributed by atoms with Crippen LogP contribution in [0.5, 0.6) is 0 Å². The summed E-state index contributed by atoms with van der Waals surface area (Å²) in [5.41, 5.74) is 3.81. The van der Waals surface area contributed by atoms with Crippen LogP contribution in [0.2, 0.25) is 0 Å². The van der Waals surface area contributed by atoms with Crippen LogP contribution in [0.1, 0.15) is 60.3 Å². The molecule has 0 bridgehead atoms. The van der Waals surface area contributed by atoms with Gasteiger partial charge in [0.1, 0.15) is 0 Å². The van der Waals surface area contributed by atoms with E-state index in [2.05, 4.69) is 36.4 Å². The van der Waals surface area contributed by atoms with Crippen molar-refractivity contribution in [1.82, 2.24) is 10.6 Å². The minimum atomic E-state index is -0.294. The summed E-state index contributed by atoms with van der Waals surface area (Å²) in [6.07, 6.45) is 0.267. The van der Waals surface area contributed by atoms with Gasteiger partial charge in [-0.25, -0.2) is 4.99 Å². The van der Waals surface area contributed by atoms with Gasteiger partial charge in [-0.2, -0.15) is 0 Å². The molecule has 0 saturated carbocycles. The van der Waals surface area contributed by atoms with Crippen LogP contribution in [-0.2, 0) is 10.2 Å². The Bertz CT molecular complexity index is 875. The van der Waals surface area contributed by atoms with Crippen molar-refractivity contribution in [3.8, 4) is 0 Å². The lowest BCUT2D eigenvalue weighted by Crippen LogP contribution is -2.47. The fourth-order valence-electron chi connectivity index (χ4n) is 2.94. The third-order valence-corrected chi connectivity index (χ3v) is 4.63. The largest absolute Gasteiger partial charge is 0.296 e. The summed E-state index contributed by atoms with van der Waals surface area (Å²) in [4.78, 5) is 29.1. The van der Waals surface area contributed by atoms with E-state index < -0.39 is 0 Å². The summed E-state index contributed by atoms with van der Waals surface area (Å²) in [6.45, 7) is 8.38. The zero-order valence-corrected chi connectivity index (χ0v) is 16.2. The molecule has 0 spiro atoms. The van der Waals surface area contributed by atoms with E-state index in [0.717, 1.165) is 16.7 Å². The molecule has 2 aromatic carbocycles. The maximum atomic E-state index is 12.5. The van der Waals surface area contributed by atoms with E-state index in [0.29, 0.717) is 5.56 Å². The minimum Gasteiger partial charge on any atom is -0.296 e. The van der Waals surface area contributed by atoms with Crippen LogP contribution in [0.25, 0.3) is 0 Å². The Balaban J connectivity index is 1.76. The number of rotatable bonds is 2. The Morgan fingerprint density at radius 2 is 1.70 bits per heavy atom. The highest BCUT2D eigenvalue weighted by Crippen LogP contribution is 2.24. The average Bonchev–Trinajstić information content (AvgIpc) is 2.61. The van der Waals surface area contributed by atoms with Crippen LogP contribution < -0.4 is 10.6 Å². The number of aliphatic imine (C=N–C) groups is 1. The number of hydrogen-bond acceptors (Lipinski definition) is 3. The lowest BCUT2D eigenvalue weighted by atomic mass is 9.87. The smallest absolute Gasteiger partial charge is 0.257 e. The van der Waals surface area contributed by atoms with Gasteiger partial charge in [-0.15, -0.1) is 0 Å². The lowest BCUT2D eigenvalue weighted by molar-refractivity contribution is -0.120. The quantitative estimate of drug-likeness (QED) is 0.855. The molecule has 5 heteroatoms. The molecule has 1 atom stereocenters. The van der Waals surface area contributed by atoms with Gasteiger partial charge in [-0.3, -0.25) is 20.2 Å². The third kappa shape index (κ3) is 4.61. The van der Waals surface area contributed by atoms with Crippen LogP contribution in [0.15, 0.2) is 53.5 Å². The first-order chi connectivity index (χ1) is 12.7. The Morgan fingerprint density at radius 3 is 2.30 bits per heavy atom. The summed E-state index contributed by atoms with van der Waals surface area (Å²) < 4.78 is 0. The average molecular weight is 363 g/mol. The normalized spacial score (nSPS) is 17.1. The molecule has 1 aliphatic rings. The Labute approximate surface area is 159 Å². The SMILES string of the molecule is Cc1ccc(C2CC(=O)NC(NC(=O)c3ccc(C(C)(C)C)cc3)=N2)cc1. The Morgan fingerprint density at radius 1 is 1.07 bits per heavy atom. The van der Waals surface area contributed by atoms with Gasteiger partial charge >= 0.3 is 0 Å². The van der Waals surface area contributed by atoms with Gasteiger partial charge in [0, 0.05) is 5.56 Å². The zero-order valence-electron chi connectivity index (χ0n) is 16.2. The standard InChI is InChI=1S/C22H25N3O2/c1-14-5-7-15(8-6-14)18-13-19(26)24-21(23-18)25-20(27)16-9-11-17(12-10-16)22(2,3)4/h5-12,18H,13H2,1-4H3,(H2,23,24,25,26,27). The van der Waals surface area contributed by atoms with Crippen molar-refractivity contribution >= 4 is 17.8 Å². The number of amides is 2. The molecule has 2 aromatic rings. The van der Waals surface area contributed by atoms with E-state index in [1.807, 2.05) is 43.3 Å².